The number of rotatable bonds is 9. The van der Waals surface area contributed by atoms with Crippen molar-refractivity contribution in [2.45, 2.75) is 59.5 Å². The van der Waals surface area contributed by atoms with Crippen molar-refractivity contribution in [3.63, 3.8) is 0 Å². The topological polar surface area (TPSA) is 36.9 Å². The summed E-state index contributed by atoms with van der Waals surface area (Å²) in [5.41, 5.74) is 1.07. The van der Waals surface area contributed by atoms with Crippen molar-refractivity contribution in [1.82, 2.24) is 0 Å². The molecule has 1 rings (SSSR count). The molecular weight excluding hydrogens is 268 g/mol. The van der Waals surface area contributed by atoms with Crippen LogP contribution < -0.4 is 9.47 Å². The molecule has 0 amide bonds. The normalized spacial score (nSPS) is 15.3. The van der Waals surface area contributed by atoms with Crippen LogP contribution in [0.15, 0.2) is 18.2 Å². The van der Waals surface area contributed by atoms with E-state index in [1.807, 2.05) is 39.0 Å². The van der Waals surface area contributed by atoms with E-state index in [1.165, 1.54) is 0 Å². The van der Waals surface area contributed by atoms with Crippen molar-refractivity contribution >= 4 is 0 Å². The smallest absolute Gasteiger partial charge is 0.196 e. The van der Waals surface area contributed by atoms with E-state index >= 15 is 0 Å². The Morgan fingerprint density at radius 3 is 2.00 bits per heavy atom. The monoisotopic (exact) mass is 296 g/mol. The summed E-state index contributed by atoms with van der Waals surface area (Å²) in [5, 5.41) is 0. The second-order valence-corrected chi connectivity index (χ2v) is 5.04. The van der Waals surface area contributed by atoms with Crippen LogP contribution in [0, 0.1) is 0 Å². The molecule has 0 aliphatic heterocycles. The van der Waals surface area contributed by atoms with Crippen LogP contribution in [-0.4, -0.2) is 26.3 Å². The Morgan fingerprint density at radius 2 is 1.52 bits per heavy atom. The first-order valence-electron chi connectivity index (χ1n) is 7.64. The summed E-state index contributed by atoms with van der Waals surface area (Å²) in [6, 6.07) is 5.84. The molecule has 1 aromatic carbocycles. The number of ether oxygens (including phenoxy) is 4. The molecule has 0 radical (unpaired) electrons. The van der Waals surface area contributed by atoms with Gasteiger partial charge in [0, 0.05) is 19.3 Å². The van der Waals surface area contributed by atoms with Gasteiger partial charge >= 0.3 is 0 Å². The highest BCUT2D eigenvalue weighted by molar-refractivity contribution is 5.47. The SMILES string of the molecule is CCOC(C)Oc1cccc(OC(C)OC)c1C(C)CC. The molecule has 0 saturated heterocycles. The summed E-state index contributed by atoms with van der Waals surface area (Å²) in [4.78, 5) is 0. The first-order chi connectivity index (χ1) is 10.0. The van der Waals surface area contributed by atoms with Gasteiger partial charge in [0.05, 0.1) is 0 Å². The molecular formula is C17H28O4. The fourth-order valence-corrected chi connectivity index (χ4v) is 2.09. The summed E-state index contributed by atoms with van der Waals surface area (Å²) in [5.74, 6) is 1.94. The predicted molar refractivity (Wildman–Crippen MR) is 84.0 cm³/mol. The van der Waals surface area contributed by atoms with E-state index in [1.54, 1.807) is 7.11 Å². The minimum atomic E-state index is -0.299. The van der Waals surface area contributed by atoms with E-state index in [-0.39, 0.29) is 12.6 Å². The number of hydrogen-bond acceptors (Lipinski definition) is 4. The van der Waals surface area contributed by atoms with Crippen LogP contribution in [0.1, 0.15) is 52.5 Å². The first kappa shape index (κ1) is 17.8. The quantitative estimate of drug-likeness (QED) is 0.635. The lowest BCUT2D eigenvalue weighted by molar-refractivity contribution is -0.0627. The lowest BCUT2D eigenvalue weighted by Gasteiger charge is -2.23. The van der Waals surface area contributed by atoms with Crippen molar-refractivity contribution in [1.29, 1.82) is 0 Å². The molecule has 0 heterocycles. The van der Waals surface area contributed by atoms with Crippen LogP contribution in [0.3, 0.4) is 0 Å². The molecule has 4 nitrogen and oxygen atoms in total. The highest BCUT2D eigenvalue weighted by Crippen LogP contribution is 2.37. The number of methoxy groups -OCH3 is 1. The van der Waals surface area contributed by atoms with Crippen LogP contribution >= 0.6 is 0 Å². The Bertz CT molecular complexity index is 419. The Labute approximate surface area is 128 Å². The highest BCUT2D eigenvalue weighted by Gasteiger charge is 2.19. The summed E-state index contributed by atoms with van der Waals surface area (Å²) in [7, 11) is 1.63. The molecule has 0 aliphatic rings. The van der Waals surface area contributed by atoms with Crippen LogP contribution in [0.4, 0.5) is 0 Å². The standard InChI is InChI=1S/C17H28O4/c1-7-12(3)17-15(20-13(4)18-6)10-9-11-16(17)21-14(5)19-8-2/h9-14H,7-8H2,1-6H3. The Hall–Kier alpha value is -1.26. The summed E-state index contributed by atoms with van der Waals surface area (Å²) < 4.78 is 22.4. The molecule has 0 aliphatic carbocycles. The fourth-order valence-electron chi connectivity index (χ4n) is 2.09. The van der Waals surface area contributed by atoms with Gasteiger partial charge in [0.15, 0.2) is 12.6 Å². The lowest BCUT2D eigenvalue weighted by atomic mass is 9.96. The number of benzene rings is 1. The molecule has 0 N–H and O–H groups in total. The van der Waals surface area contributed by atoms with E-state index in [2.05, 4.69) is 13.8 Å². The van der Waals surface area contributed by atoms with Gasteiger partial charge in [-0.25, -0.2) is 0 Å². The van der Waals surface area contributed by atoms with E-state index in [4.69, 9.17) is 18.9 Å². The maximum absolute atomic E-state index is 5.92. The van der Waals surface area contributed by atoms with Gasteiger partial charge in [0.2, 0.25) is 0 Å². The molecule has 3 unspecified atom stereocenters. The average Bonchev–Trinajstić information content (AvgIpc) is 2.46. The molecule has 0 fully saturated rings. The highest BCUT2D eigenvalue weighted by atomic mass is 16.7. The van der Waals surface area contributed by atoms with Crippen molar-refractivity contribution in [3.8, 4) is 11.5 Å². The van der Waals surface area contributed by atoms with Crippen molar-refractivity contribution in [2.75, 3.05) is 13.7 Å². The third-order valence-electron chi connectivity index (χ3n) is 3.45. The zero-order chi connectivity index (χ0) is 15.8. The lowest BCUT2D eigenvalue weighted by Crippen LogP contribution is -2.19. The van der Waals surface area contributed by atoms with Gasteiger partial charge in [-0.15, -0.1) is 0 Å². The third-order valence-corrected chi connectivity index (χ3v) is 3.45. The molecule has 4 heteroatoms. The van der Waals surface area contributed by atoms with Gasteiger partial charge in [-0.05, 0) is 45.2 Å². The molecule has 0 aromatic heterocycles. The summed E-state index contributed by atoms with van der Waals surface area (Å²) in [6.07, 6.45) is 0.418. The largest absolute Gasteiger partial charge is 0.465 e. The minimum Gasteiger partial charge on any atom is -0.465 e. The fraction of sp³-hybridized carbons (Fsp3) is 0.647. The van der Waals surface area contributed by atoms with Crippen molar-refractivity contribution in [3.05, 3.63) is 23.8 Å². The van der Waals surface area contributed by atoms with E-state index in [0.717, 1.165) is 23.5 Å². The third kappa shape index (κ3) is 5.21. The zero-order valence-electron chi connectivity index (χ0n) is 14.0. The molecule has 0 saturated carbocycles. The molecule has 0 spiro atoms. The van der Waals surface area contributed by atoms with Crippen LogP contribution in [0.5, 0.6) is 11.5 Å². The van der Waals surface area contributed by atoms with Crippen molar-refractivity contribution in [2.24, 2.45) is 0 Å². The van der Waals surface area contributed by atoms with Gasteiger partial charge in [0.1, 0.15) is 11.5 Å². The summed E-state index contributed by atoms with van der Waals surface area (Å²) in [6.45, 7) is 10.7. The van der Waals surface area contributed by atoms with Crippen LogP contribution in [-0.2, 0) is 9.47 Å². The predicted octanol–water partition coefficient (Wildman–Crippen LogP) is 4.33. The van der Waals surface area contributed by atoms with Crippen molar-refractivity contribution < 1.29 is 18.9 Å². The van der Waals surface area contributed by atoms with E-state index in [0.29, 0.717) is 12.5 Å². The van der Waals surface area contributed by atoms with Gasteiger partial charge in [-0.3, -0.25) is 0 Å². The molecule has 0 bridgehead atoms. The minimum absolute atomic E-state index is 0.284. The molecule has 3 atom stereocenters. The summed E-state index contributed by atoms with van der Waals surface area (Å²) >= 11 is 0. The van der Waals surface area contributed by atoms with Gasteiger partial charge in [-0.1, -0.05) is 19.9 Å². The Kier molecular flexibility index (Phi) is 7.54. The zero-order valence-corrected chi connectivity index (χ0v) is 14.0. The Morgan fingerprint density at radius 1 is 0.952 bits per heavy atom. The number of hydrogen-bond donors (Lipinski definition) is 0. The second kappa shape index (κ2) is 8.90. The van der Waals surface area contributed by atoms with Crippen LogP contribution in [0.2, 0.25) is 0 Å². The molecule has 120 valence electrons. The first-order valence-corrected chi connectivity index (χ1v) is 7.64. The van der Waals surface area contributed by atoms with E-state index < -0.39 is 0 Å². The maximum atomic E-state index is 5.92. The average molecular weight is 296 g/mol. The molecule has 1 aromatic rings. The Balaban J connectivity index is 3.08. The second-order valence-electron chi connectivity index (χ2n) is 5.04. The van der Waals surface area contributed by atoms with Gasteiger partial charge in [-0.2, -0.15) is 0 Å². The maximum Gasteiger partial charge on any atom is 0.196 e. The molecule has 21 heavy (non-hydrogen) atoms. The van der Waals surface area contributed by atoms with Gasteiger partial charge < -0.3 is 18.9 Å². The van der Waals surface area contributed by atoms with E-state index in [9.17, 15) is 0 Å². The van der Waals surface area contributed by atoms with Gasteiger partial charge in [0.25, 0.3) is 0 Å². The van der Waals surface area contributed by atoms with Crippen LogP contribution in [0.25, 0.3) is 0 Å².